The number of carbonyl (C=O) groups excluding carboxylic acids is 1. The number of nitrogens with one attached hydrogen (secondary N) is 1. The van der Waals surface area contributed by atoms with Gasteiger partial charge in [0, 0.05) is 12.1 Å². The lowest BCUT2D eigenvalue weighted by atomic mass is 9.48. The van der Waals surface area contributed by atoms with Gasteiger partial charge in [-0.05, 0) is 91.7 Å². The topological polar surface area (TPSA) is 29.1 Å². The lowest BCUT2D eigenvalue weighted by Crippen LogP contribution is -2.55. The fourth-order valence-corrected chi connectivity index (χ4v) is 6.29. The van der Waals surface area contributed by atoms with Crippen molar-refractivity contribution < 1.29 is 4.79 Å². The molecule has 2 heteroatoms. The molecule has 0 spiro atoms. The van der Waals surface area contributed by atoms with E-state index in [1.54, 1.807) is 6.08 Å². The summed E-state index contributed by atoms with van der Waals surface area (Å²) in [5.41, 5.74) is 2.80. The first-order valence-electron chi connectivity index (χ1n) is 10.5. The number of benzene rings is 1. The maximum absolute atomic E-state index is 12.5. The molecule has 4 aliphatic carbocycles. The Morgan fingerprint density at radius 1 is 1.00 bits per heavy atom. The van der Waals surface area contributed by atoms with Crippen molar-refractivity contribution >= 4 is 12.0 Å². The molecule has 1 aromatic rings. The van der Waals surface area contributed by atoms with Crippen LogP contribution in [-0.4, -0.2) is 11.9 Å². The van der Waals surface area contributed by atoms with Crippen LogP contribution in [0.5, 0.6) is 0 Å². The van der Waals surface area contributed by atoms with Gasteiger partial charge in [-0.15, -0.1) is 0 Å². The number of hydrogen-bond acceptors (Lipinski definition) is 1. The van der Waals surface area contributed by atoms with Crippen molar-refractivity contribution in [3.05, 3.63) is 41.5 Å². The molecule has 1 N–H and O–H groups in total. The molecule has 4 bridgehead atoms. The molecule has 0 saturated heterocycles. The van der Waals surface area contributed by atoms with Gasteiger partial charge in [0.05, 0.1) is 0 Å². The summed E-state index contributed by atoms with van der Waals surface area (Å²) in [6.07, 6.45) is 12.0. The standard InChI is InChI=1S/C24H33NO/c1-16(2)22-7-4-18(5-8-22)6-9-23(26)25-17(3)24-13-19-10-20(14-24)12-21(11-19)15-24/h4-9,16-17,19-21H,10-15H2,1-3H3,(H,25,26)/b9-6+. The summed E-state index contributed by atoms with van der Waals surface area (Å²) in [5.74, 6) is 3.38. The smallest absolute Gasteiger partial charge is 0.244 e. The third-order valence-electron chi connectivity index (χ3n) is 7.39. The molecule has 4 fully saturated rings. The summed E-state index contributed by atoms with van der Waals surface area (Å²) in [4.78, 5) is 12.5. The average molecular weight is 352 g/mol. The molecule has 4 aliphatic rings. The van der Waals surface area contributed by atoms with Gasteiger partial charge in [0.25, 0.3) is 0 Å². The van der Waals surface area contributed by atoms with Crippen molar-refractivity contribution in [1.82, 2.24) is 5.32 Å². The van der Waals surface area contributed by atoms with Gasteiger partial charge >= 0.3 is 0 Å². The maximum Gasteiger partial charge on any atom is 0.244 e. The molecule has 4 saturated carbocycles. The maximum atomic E-state index is 12.5. The molecule has 0 aliphatic heterocycles. The first-order chi connectivity index (χ1) is 12.4. The van der Waals surface area contributed by atoms with Crippen LogP contribution in [0.4, 0.5) is 0 Å². The highest BCUT2D eigenvalue weighted by Gasteiger charge is 2.53. The van der Waals surface area contributed by atoms with E-state index in [1.807, 2.05) is 6.08 Å². The Kier molecular flexibility index (Phi) is 4.71. The highest BCUT2D eigenvalue weighted by molar-refractivity contribution is 5.91. The first kappa shape index (κ1) is 17.8. The van der Waals surface area contributed by atoms with Crippen LogP contribution < -0.4 is 5.32 Å². The number of hydrogen-bond donors (Lipinski definition) is 1. The SMILES string of the molecule is CC(C)c1ccc(/C=C/C(=O)NC(C)C23CC4CC(CC(C4)C2)C3)cc1. The Morgan fingerprint density at radius 3 is 2.04 bits per heavy atom. The van der Waals surface area contributed by atoms with E-state index in [4.69, 9.17) is 0 Å². The molecule has 0 aromatic heterocycles. The second-order valence-corrected chi connectivity index (χ2v) is 9.66. The summed E-state index contributed by atoms with van der Waals surface area (Å²) < 4.78 is 0. The molecule has 2 nitrogen and oxygen atoms in total. The zero-order valence-electron chi connectivity index (χ0n) is 16.5. The van der Waals surface area contributed by atoms with Crippen molar-refractivity contribution in [2.75, 3.05) is 0 Å². The van der Waals surface area contributed by atoms with Gasteiger partial charge in [-0.2, -0.15) is 0 Å². The molecule has 0 heterocycles. The van der Waals surface area contributed by atoms with Gasteiger partial charge in [0.1, 0.15) is 0 Å². The van der Waals surface area contributed by atoms with E-state index in [9.17, 15) is 4.79 Å². The Balaban J connectivity index is 1.37. The van der Waals surface area contributed by atoms with Crippen molar-refractivity contribution in [2.45, 2.75) is 71.3 Å². The molecular formula is C24H33NO. The van der Waals surface area contributed by atoms with Crippen molar-refractivity contribution in [3.63, 3.8) is 0 Å². The number of carbonyl (C=O) groups is 1. The minimum Gasteiger partial charge on any atom is -0.350 e. The molecule has 1 aromatic carbocycles. The molecule has 26 heavy (non-hydrogen) atoms. The highest BCUT2D eigenvalue weighted by atomic mass is 16.1. The number of rotatable bonds is 5. The van der Waals surface area contributed by atoms with Crippen LogP contribution >= 0.6 is 0 Å². The van der Waals surface area contributed by atoms with E-state index < -0.39 is 0 Å². The van der Waals surface area contributed by atoms with Crippen LogP contribution in [0.3, 0.4) is 0 Å². The van der Waals surface area contributed by atoms with E-state index in [0.29, 0.717) is 11.3 Å². The predicted octanol–water partition coefficient (Wildman–Crippen LogP) is 5.54. The highest BCUT2D eigenvalue weighted by Crippen LogP contribution is 2.61. The van der Waals surface area contributed by atoms with Crippen molar-refractivity contribution in [3.8, 4) is 0 Å². The molecule has 140 valence electrons. The second kappa shape index (κ2) is 6.87. The Morgan fingerprint density at radius 2 is 1.54 bits per heavy atom. The van der Waals surface area contributed by atoms with Gasteiger partial charge < -0.3 is 5.32 Å². The molecule has 1 atom stereocenters. The van der Waals surface area contributed by atoms with Crippen LogP contribution in [0, 0.1) is 23.2 Å². The van der Waals surface area contributed by atoms with Crippen LogP contribution in [0.15, 0.2) is 30.3 Å². The molecule has 5 rings (SSSR count). The van der Waals surface area contributed by atoms with Crippen molar-refractivity contribution in [1.29, 1.82) is 0 Å². The quantitative estimate of drug-likeness (QED) is 0.693. The lowest BCUT2D eigenvalue weighted by Gasteiger charge is -2.59. The summed E-state index contributed by atoms with van der Waals surface area (Å²) in [6, 6.07) is 8.79. The van der Waals surface area contributed by atoms with Crippen LogP contribution in [0.1, 0.15) is 76.3 Å². The minimum atomic E-state index is 0.0566. The molecule has 1 amide bonds. The molecule has 1 unspecified atom stereocenters. The minimum absolute atomic E-state index is 0.0566. The van der Waals surface area contributed by atoms with E-state index in [0.717, 1.165) is 23.3 Å². The van der Waals surface area contributed by atoms with E-state index in [2.05, 4.69) is 50.4 Å². The van der Waals surface area contributed by atoms with Gasteiger partial charge in [0.2, 0.25) is 5.91 Å². The van der Waals surface area contributed by atoms with E-state index in [-0.39, 0.29) is 11.9 Å². The number of amides is 1. The van der Waals surface area contributed by atoms with E-state index in [1.165, 1.54) is 44.1 Å². The molecular weight excluding hydrogens is 318 g/mol. The Hall–Kier alpha value is -1.57. The zero-order chi connectivity index (χ0) is 18.3. The third kappa shape index (κ3) is 3.48. The fraction of sp³-hybridized carbons (Fsp3) is 0.625. The van der Waals surface area contributed by atoms with Crippen LogP contribution in [-0.2, 0) is 4.79 Å². The van der Waals surface area contributed by atoms with Crippen molar-refractivity contribution in [2.24, 2.45) is 23.2 Å². The summed E-state index contributed by atoms with van der Waals surface area (Å²) >= 11 is 0. The van der Waals surface area contributed by atoms with Crippen LogP contribution in [0.2, 0.25) is 0 Å². The monoisotopic (exact) mass is 351 g/mol. The average Bonchev–Trinajstić information content (AvgIpc) is 2.59. The third-order valence-corrected chi connectivity index (χ3v) is 7.39. The van der Waals surface area contributed by atoms with E-state index >= 15 is 0 Å². The first-order valence-corrected chi connectivity index (χ1v) is 10.5. The largest absolute Gasteiger partial charge is 0.350 e. The summed E-state index contributed by atoms with van der Waals surface area (Å²) in [5, 5.41) is 3.31. The van der Waals surface area contributed by atoms with Gasteiger partial charge in [-0.25, -0.2) is 0 Å². The van der Waals surface area contributed by atoms with Gasteiger partial charge in [-0.3, -0.25) is 4.79 Å². The summed E-state index contributed by atoms with van der Waals surface area (Å²) in [7, 11) is 0. The molecule has 0 radical (unpaired) electrons. The lowest BCUT2D eigenvalue weighted by molar-refractivity contribution is -0.121. The van der Waals surface area contributed by atoms with Gasteiger partial charge in [-0.1, -0.05) is 38.1 Å². The zero-order valence-corrected chi connectivity index (χ0v) is 16.5. The van der Waals surface area contributed by atoms with Crippen LogP contribution in [0.25, 0.3) is 6.08 Å². The Labute approximate surface area is 158 Å². The predicted molar refractivity (Wildman–Crippen MR) is 108 cm³/mol. The Bertz CT molecular complexity index is 649. The summed E-state index contributed by atoms with van der Waals surface area (Å²) in [6.45, 7) is 6.64. The normalized spacial score (nSPS) is 33.8. The van der Waals surface area contributed by atoms with Gasteiger partial charge in [0.15, 0.2) is 0 Å². The fourth-order valence-electron chi connectivity index (χ4n) is 6.29. The second-order valence-electron chi connectivity index (χ2n) is 9.66.